The van der Waals surface area contributed by atoms with Gasteiger partial charge in [-0.15, -0.1) is 0 Å². The Kier molecular flexibility index (Phi) is 4.18. The van der Waals surface area contributed by atoms with Gasteiger partial charge in [-0.2, -0.15) is 0 Å². The van der Waals surface area contributed by atoms with Crippen LogP contribution in [-0.4, -0.2) is 36.6 Å². The van der Waals surface area contributed by atoms with Crippen LogP contribution in [0, 0.1) is 0 Å². The van der Waals surface area contributed by atoms with E-state index in [4.69, 9.17) is 5.73 Å². The van der Waals surface area contributed by atoms with E-state index in [1.165, 1.54) is 11.3 Å². The van der Waals surface area contributed by atoms with E-state index in [9.17, 15) is 0 Å². The average Bonchev–Trinajstić information content (AvgIpc) is 2.55. The molecule has 4 nitrogen and oxygen atoms in total. The second-order valence-electron chi connectivity index (χ2n) is 5.59. The number of anilines is 1. The van der Waals surface area contributed by atoms with Crippen LogP contribution in [0.4, 0.5) is 5.69 Å². The molecule has 1 atom stereocenters. The van der Waals surface area contributed by atoms with Gasteiger partial charge in [0.2, 0.25) is 0 Å². The second kappa shape index (κ2) is 6.24. The van der Waals surface area contributed by atoms with Crippen LogP contribution in [-0.2, 0) is 6.54 Å². The van der Waals surface area contributed by atoms with E-state index in [2.05, 4.69) is 58.2 Å². The predicted octanol–water partition coefficient (Wildman–Crippen LogP) is 2.03. The number of pyridine rings is 1. The summed E-state index contributed by atoms with van der Waals surface area (Å²) in [6.07, 6.45) is 3.74. The molecular formula is C17H22N4. The van der Waals surface area contributed by atoms with E-state index in [1.807, 2.05) is 12.4 Å². The molecule has 1 aromatic carbocycles. The molecule has 1 unspecified atom stereocenters. The Balaban J connectivity index is 1.98. The van der Waals surface area contributed by atoms with Gasteiger partial charge >= 0.3 is 0 Å². The normalized spacial score (nSPS) is 19.7. The van der Waals surface area contributed by atoms with Crippen molar-refractivity contribution in [3.8, 4) is 0 Å². The standard InChI is InChI=1S/C17H22N4/c1-20-9-10-21(16-7-8-19-12-15(16)11-18)17(13-20)14-5-3-2-4-6-14/h2-8,12,17H,9-11,13,18H2,1H3. The van der Waals surface area contributed by atoms with Crippen molar-refractivity contribution in [2.24, 2.45) is 5.73 Å². The first-order valence-electron chi connectivity index (χ1n) is 7.42. The molecule has 1 aliphatic rings. The number of likely N-dealkylation sites (N-methyl/N-ethyl adjacent to an activating group) is 1. The number of aromatic nitrogens is 1. The molecule has 0 aliphatic carbocycles. The zero-order chi connectivity index (χ0) is 14.7. The maximum Gasteiger partial charge on any atom is 0.0670 e. The van der Waals surface area contributed by atoms with Gasteiger partial charge in [0, 0.05) is 49.8 Å². The van der Waals surface area contributed by atoms with Crippen LogP contribution in [0.3, 0.4) is 0 Å². The molecule has 1 aromatic heterocycles. The maximum absolute atomic E-state index is 5.89. The minimum absolute atomic E-state index is 0.359. The highest BCUT2D eigenvalue weighted by Crippen LogP contribution is 2.31. The zero-order valence-electron chi connectivity index (χ0n) is 12.4. The summed E-state index contributed by atoms with van der Waals surface area (Å²) in [5.74, 6) is 0. The minimum Gasteiger partial charge on any atom is -0.362 e. The third-order valence-electron chi connectivity index (χ3n) is 4.17. The van der Waals surface area contributed by atoms with Gasteiger partial charge in [-0.05, 0) is 18.7 Å². The van der Waals surface area contributed by atoms with Gasteiger partial charge < -0.3 is 15.5 Å². The number of hydrogen-bond acceptors (Lipinski definition) is 4. The summed E-state index contributed by atoms with van der Waals surface area (Å²) < 4.78 is 0. The number of piperazine rings is 1. The predicted molar refractivity (Wildman–Crippen MR) is 86.2 cm³/mol. The molecule has 1 aliphatic heterocycles. The quantitative estimate of drug-likeness (QED) is 0.935. The summed E-state index contributed by atoms with van der Waals surface area (Å²) in [6, 6.07) is 13.1. The van der Waals surface area contributed by atoms with E-state index in [0.717, 1.165) is 25.2 Å². The van der Waals surface area contributed by atoms with Gasteiger partial charge in [0.05, 0.1) is 6.04 Å². The largest absolute Gasteiger partial charge is 0.362 e. The third-order valence-corrected chi connectivity index (χ3v) is 4.17. The van der Waals surface area contributed by atoms with E-state index < -0.39 is 0 Å². The molecule has 1 saturated heterocycles. The SMILES string of the molecule is CN1CCN(c2ccncc2CN)C(c2ccccc2)C1. The Labute approximate surface area is 126 Å². The average molecular weight is 282 g/mol. The molecule has 21 heavy (non-hydrogen) atoms. The molecule has 0 saturated carbocycles. The van der Waals surface area contributed by atoms with Crippen LogP contribution < -0.4 is 10.6 Å². The summed E-state index contributed by atoms with van der Waals surface area (Å²) in [5.41, 5.74) is 9.57. The Morgan fingerprint density at radius 3 is 2.76 bits per heavy atom. The van der Waals surface area contributed by atoms with Gasteiger partial charge in [-0.25, -0.2) is 0 Å². The van der Waals surface area contributed by atoms with Gasteiger partial charge in [0.15, 0.2) is 0 Å². The van der Waals surface area contributed by atoms with E-state index in [0.29, 0.717) is 12.6 Å². The third kappa shape index (κ3) is 2.91. The summed E-state index contributed by atoms with van der Waals surface area (Å²) in [7, 11) is 2.18. The molecule has 110 valence electrons. The fourth-order valence-electron chi connectivity index (χ4n) is 3.03. The lowest BCUT2D eigenvalue weighted by molar-refractivity contribution is 0.269. The first kappa shape index (κ1) is 14.0. The number of hydrogen-bond donors (Lipinski definition) is 1. The van der Waals surface area contributed by atoms with Crippen LogP contribution in [0.15, 0.2) is 48.8 Å². The Morgan fingerprint density at radius 1 is 1.19 bits per heavy atom. The van der Waals surface area contributed by atoms with Crippen LogP contribution in [0.1, 0.15) is 17.2 Å². The highest BCUT2D eigenvalue weighted by molar-refractivity contribution is 5.54. The summed E-state index contributed by atoms with van der Waals surface area (Å²) in [6.45, 7) is 3.62. The van der Waals surface area contributed by atoms with E-state index in [-0.39, 0.29) is 0 Å². The van der Waals surface area contributed by atoms with E-state index in [1.54, 1.807) is 0 Å². The Hall–Kier alpha value is -1.91. The summed E-state index contributed by atoms with van der Waals surface area (Å²) in [5, 5.41) is 0. The lowest BCUT2D eigenvalue weighted by Crippen LogP contribution is -2.47. The topological polar surface area (TPSA) is 45.4 Å². The fourth-order valence-corrected chi connectivity index (χ4v) is 3.03. The van der Waals surface area contributed by atoms with Crippen molar-refractivity contribution in [2.45, 2.75) is 12.6 Å². The first-order chi connectivity index (χ1) is 10.3. The van der Waals surface area contributed by atoms with Crippen molar-refractivity contribution in [1.82, 2.24) is 9.88 Å². The molecular weight excluding hydrogens is 260 g/mol. The number of rotatable bonds is 3. The number of nitrogens with two attached hydrogens (primary N) is 1. The smallest absolute Gasteiger partial charge is 0.0670 e. The van der Waals surface area contributed by atoms with Crippen LogP contribution in [0.5, 0.6) is 0 Å². The maximum atomic E-state index is 5.89. The van der Waals surface area contributed by atoms with E-state index >= 15 is 0 Å². The number of benzene rings is 1. The second-order valence-corrected chi connectivity index (χ2v) is 5.59. The molecule has 0 bridgehead atoms. The Bertz CT molecular complexity index is 584. The van der Waals surface area contributed by atoms with Crippen molar-refractivity contribution >= 4 is 5.69 Å². The molecule has 0 spiro atoms. The molecule has 0 radical (unpaired) electrons. The molecule has 2 heterocycles. The van der Waals surface area contributed by atoms with Crippen LogP contribution >= 0.6 is 0 Å². The lowest BCUT2D eigenvalue weighted by atomic mass is 10.0. The molecule has 2 aromatic rings. The Morgan fingerprint density at radius 2 is 2.00 bits per heavy atom. The summed E-state index contributed by atoms with van der Waals surface area (Å²) >= 11 is 0. The van der Waals surface area contributed by atoms with Crippen molar-refractivity contribution < 1.29 is 0 Å². The summed E-state index contributed by atoms with van der Waals surface area (Å²) in [4.78, 5) is 9.06. The van der Waals surface area contributed by atoms with Crippen LogP contribution in [0.2, 0.25) is 0 Å². The molecule has 3 rings (SSSR count). The minimum atomic E-state index is 0.359. The highest BCUT2D eigenvalue weighted by Gasteiger charge is 2.27. The molecule has 1 fully saturated rings. The zero-order valence-corrected chi connectivity index (χ0v) is 12.4. The lowest BCUT2D eigenvalue weighted by Gasteiger charge is -2.42. The highest BCUT2D eigenvalue weighted by atomic mass is 15.3. The fraction of sp³-hybridized carbons (Fsp3) is 0.353. The van der Waals surface area contributed by atoms with Gasteiger partial charge in [-0.1, -0.05) is 30.3 Å². The van der Waals surface area contributed by atoms with Gasteiger partial charge in [0.25, 0.3) is 0 Å². The first-order valence-corrected chi connectivity index (χ1v) is 7.42. The van der Waals surface area contributed by atoms with Crippen molar-refractivity contribution in [3.05, 3.63) is 59.9 Å². The number of nitrogens with zero attached hydrogens (tertiary/aromatic N) is 3. The van der Waals surface area contributed by atoms with Crippen molar-refractivity contribution in [1.29, 1.82) is 0 Å². The van der Waals surface area contributed by atoms with Gasteiger partial charge in [-0.3, -0.25) is 4.98 Å². The molecule has 4 heteroatoms. The molecule has 0 amide bonds. The molecule has 2 N–H and O–H groups in total. The van der Waals surface area contributed by atoms with Crippen molar-refractivity contribution in [2.75, 3.05) is 31.6 Å². The monoisotopic (exact) mass is 282 g/mol. The van der Waals surface area contributed by atoms with Gasteiger partial charge in [0.1, 0.15) is 0 Å². The van der Waals surface area contributed by atoms with Crippen LogP contribution in [0.25, 0.3) is 0 Å². The van der Waals surface area contributed by atoms with Crippen molar-refractivity contribution in [3.63, 3.8) is 0 Å².